The fraction of sp³-hybridized carbons (Fsp3) is 0.571. The second-order valence-corrected chi connectivity index (χ2v) is 7.22. The van der Waals surface area contributed by atoms with Gasteiger partial charge in [-0.05, 0) is 31.4 Å². The Kier molecular flexibility index (Phi) is 7.28. The summed E-state index contributed by atoms with van der Waals surface area (Å²) >= 11 is 0. The number of likely N-dealkylation sites (tertiary alicyclic amines) is 1. The molecule has 1 N–H and O–H groups in total. The molecule has 3 heterocycles. The topological polar surface area (TPSA) is 67.6 Å². The van der Waals surface area contributed by atoms with E-state index in [-0.39, 0.29) is 0 Å². The first-order chi connectivity index (χ1) is 13.7. The van der Waals surface area contributed by atoms with Crippen LogP contribution in [-0.2, 0) is 13.6 Å². The van der Waals surface area contributed by atoms with Crippen LogP contribution in [0.15, 0.2) is 35.7 Å². The van der Waals surface area contributed by atoms with Gasteiger partial charge in [-0.2, -0.15) is 5.10 Å². The standard InChI is InChI=1S/C21H32N6O/c1-4-6-12-28-20-17(8-7-10-23-20)13-24-21(22-5-2)27-11-9-18(16-27)19-14-25-26(3)15-19/h7-8,10,14-15,18H,4-6,9,11-13,16H2,1-3H3,(H,22,24). The van der Waals surface area contributed by atoms with Crippen molar-refractivity contribution in [2.24, 2.45) is 12.0 Å². The van der Waals surface area contributed by atoms with Crippen molar-refractivity contribution in [1.29, 1.82) is 0 Å². The molecule has 0 aromatic carbocycles. The molecule has 1 aliphatic rings. The Morgan fingerprint density at radius 1 is 1.39 bits per heavy atom. The molecule has 7 nitrogen and oxygen atoms in total. The highest BCUT2D eigenvalue weighted by atomic mass is 16.5. The Morgan fingerprint density at radius 2 is 2.29 bits per heavy atom. The number of hydrogen-bond donors (Lipinski definition) is 1. The molecule has 0 radical (unpaired) electrons. The molecule has 1 atom stereocenters. The number of nitrogens with zero attached hydrogens (tertiary/aromatic N) is 5. The molecule has 1 fully saturated rings. The largest absolute Gasteiger partial charge is 0.477 e. The highest BCUT2D eigenvalue weighted by molar-refractivity contribution is 5.80. The van der Waals surface area contributed by atoms with E-state index in [1.807, 2.05) is 30.1 Å². The monoisotopic (exact) mass is 384 g/mol. The lowest BCUT2D eigenvalue weighted by Gasteiger charge is -2.21. The van der Waals surface area contributed by atoms with Crippen LogP contribution in [0.25, 0.3) is 0 Å². The minimum Gasteiger partial charge on any atom is -0.477 e. The summed E-state index contributed by atoms with van der Waals surface area (Å²) in [6.45, 7) is 8.33. The normalized spacial score (nSPS) is 17.2. The van der Waals surface area contributed by atoms with Crippen LogP contribution in [0, 0.1) is 0 Å². The SMILES string of the molecule is CCCCOc1ncccc1CN=C(NCC)N1CCC(c2cnn(C)c2)C1. The summed E-state index contributed by atoms with van der Waals surface area (Å²) < 4.78 is 7.72. The number of unbranched alkanes of at least 4 members (excludes halogenated alkanes) is 1. The van der Waals surface area contributed by atoms with Crippen LogP contribution in [0.3, 0.4) is 0 Å². The second kappa shape index (κ2) is 10.1. The summed E-state index contributed by atoms with van der Waals surface area (Å²) in [7, 11) is 1.97. The smallest absolute Gasteiger partial charge is 0.218 e. The molecule has 28 heavy (non-hydrogen) atoms. The van der Waals surface area contributed by atoms with Gasteiger partial charge in [0.1, 0.15) is 0 Å². The molecule has 1 saturated heterocycles. The molecule has 0 aliphatic carbocycles. The molecule has 3 rings (SSSR count). The van der Waals surface area contributed by atoms with Crippen LogP contribution in [0.4, 0.5) is 0 Å². The van der Waals surface area contributed by atoms with Crippen molar-refractivity contribution in [3.05, 3.63) is 41.9 Å². The van der Waals surface area contributed by atoms with Crippen LogP contribution in [0.2, 0.25) is 0 Å². The van der Waals surface area contributed by atoms with Gasteiger partial charge in [0.25, 0.3) is 0 Å². The first kappa shape index (κ1) is 20.2. The maximum absolute atomic E-state index is 5.85. The summed E-state index contributed by atoms with van der Waals surface area (Å²) in [6, 6.07) is 3.99. The van der Waals surface area contributed by atoms with Crippen molar-refractivity contribution in [3.8, 4) is 5.88 Å². The van der Waals surface area contributed by atoms with Gasteiger partial charge < -0.3 is 15.0 Å². The minimum absolute atomic E-state index is 0.504. The minimum atomic E-state index is 0.504. The fourth-order valence-electron chi connectivity index (χ4n) is 3.45. The Hall–Kier alpha value is -2.57. The van der Waals surface area contributed by atoms with Crippen molar-refractivity contribution >= 4 is 5.96 Å². The molecular weight excluding hydrogens is 352 g/mol. The molecule has 1 unspecified atom stereocenters. The molecule has 0 saturated carbocycles. The van der Waals surface area contributed by atoms with E-state index in [4.69, 9.17) is 9.73 Å². The van der Waals surface area contributed by atoms with Gasteiger partial charge >= 0.3 is 0 Å². The van der Waals surface area contributed by atoms with Crippen molar-refractivity contribution in [1.82, 2.24) is 25.0 Å². The lowest BCUT2D eigenvalue weighted by molar-refractivity contribution is 0.294. The number of rotatable bonds is 8. The van der Waals surface area contributed by atoms with Crippen LogP contribution < -0.4 is 10.1 Å². The van der Waals surface area contributed by atoms with Gasteiger partial charge in [-0.25, -0.2) is 9.98 Å². The molecule has 0 amide bonds. The summed E-state index contributed by atoms with van der Waals surface area (Å²) in [5.41, 5.74) is 2.33. The summed E-state index contributed by atoms with van der Waals surface area (Å²) in [5.74, 6) is 2.16. The van der Waals surface area contributed by atoms with E-state index >= 15 is 0 Å². The molecule has 0 bridgehead atoms. The third-order valence-corrected chi connectivity index (χ3v) is 5.00. The van der Waals surface area contributed by atoms with Gasteiger partial charge in [-0.1, -0.05) is 19.4 Å². The van der Waals surface area contributed by atoms with Gasteiger partial charge in [0, 0.05) is 50.6 Å². The third-order valence-electron chi connectivity index (χ3n) is 5.00. The second-order valence-electron chi connectivity index (χ2n) is 7.22. The number of guanidine groups is 1. The number of aliphatic imine (C=N–C) groups is 1. The summed E-state index contributed by atoms with van der Waals surface area (Å²) in [6.07, 6.45) is 9.14. The number of aryl methyl sites for hydroxylation is 1. The predicted molar refractivity (Wildman–Crippen MR) is 112 cm³/mol. The fourth-order valence-corrected chi connectivity index (χ4v) is 3.45. The Bertz CT molecular complexity index is 772. The molecule has 7 heteroatoms. The average Bonchev–Trinajstić information content (AvgIpc) is 3.35. The number of aromatic nitrogens is 3. The number of ether oxygens (including phenoxy) is 1. The quantitative estimate of drug-likeness (QED) is 0.431. The van der Waals surface area contributed by atoms with Gasteiger partial charge in [-0.15, -0.1) is 0 Å². The zero-order valence-corrected chi connectivity index (χ0v) is 17.3. The lowest BCUT2D eigenvalue weighted by atomic mass is 10.0. The van der Waals surface area contributed by atoms with E-state index in [0.29, 0.717) is 24.9 Å². The van der Waals surface area contributed by atoms with Crippen molar-refractivity contribution in [2.45, 2.75) is 45.6 Å². The first-order valence-electron chi connectivity index (χ1n) is 10.3. The zero-order valence-electron chi connectivity index (χ0n) is 17.3. The van der Waals surface area contributed by atoms with Crippen LogP contribution in [0.1, 0.15) is 50.2 Å². The molecule has 2 aromatic heterocycles. The van der Waals surface area contributed by atoms with E-state index < -0.39 is 0 Å². The molecule has 1 aliphatic heterocycles. The van der Waals surface area contributed by atoms with Crippen LogP contribution in [-0.4, -0.2) is 51.9 Å². The van der Waals surface area contributed by atoms with Crippen molar-refractivity contribution < 1.29 is 4.74 Å². The number of pyridine rings is 1. The van der Waals surface area contributed by atoms with Gasteiger partial charge in [0.2, 0.25) is 5.88 Å². The third kappa shape index (κ3) is 5.24. The highest BCUT2D eigenvalue weighted by Crippen LogP contribution is 2.27. The Labute approximate surface area is 167 Å². The summed E-state index contributed by atoms with van der Waals surface area (Å²) in [5, 5.41) is 7.75. The van der Waals surface area contributed by atoms with E-state index in [1.165, 1.54) is 5.56 Å². The predicted octanol–water partition coefficient (Wildman–Crippen LogP) is 2.95. The van der Waals surface area contributed by atoms with Crippen LogP contribution >= 0.6 is 0 Å². The number of nitrogens with one attached hydrogen (secondary N) is 1. The maximum atomic E-state index is 5.85. The van der Waals surface area contributed by atoms with E-state index in [1.54, 1.807) is 6.20 Å². The average molecular weight is 385 g/mol. The first-order valence-corrected chi connectivity index (χ1v) is 10.3. The molecule has 0 spiro atoms. The van der Waals surface area contributed by atoms with Gasteiger partial charge in [0.05, 0.1) is 19.3 Å². The molecule has 2 aromatic rings. The zero-order chi connectivity index (χ0) is 19.8. The van der Waals surface area contributed by atoms with Gasteiger partial charge in [-0.3, -0.25) is 4.68 Å². The summed E-state index contributed by atoms with van der Waals surface area (Å²) in [4.78, 5) is 11.6. The van der Waals surface area contributed by atoms with Gasteiger partial charge in [0.15, 0.2) is 5.96 Å². The molecular formula is C21H32N6O. The van der Waals surface area contributed by atoms with E-state index in [2.05, 4.69) is 40.3 Å². The maximum Gasteiger partial charge on any atom is 0.218 e. The van der Waals surface area contributed by atoms with Crippen molar-refractivity contribution in [3.63, 3.8) is 0 Å². The highest BCUT2D eigenvalue weighted by Gasteiger charge is 2.26. The van der Waals surface area contributed by atoms with Crippen molar-refractivity contribution in [2.75, 3.05) is 26.2 Å². The number of hydrogen-bond acceptors (Lipinski definition) is 4. The van der Waals surface area contributed by atoms with E-state index in [9.17, 15) is 0 Å². The lowest BCUT2D eigenvalue weighted by Crippen LogP contribution is -2.40. The van der Waals surface area contributed by atoms with Crippen LogP contribution in [0.5, 0.6) is 5.88 Å². The molecule has 152 valence electrons. The van der Waals surface area contributed by atoms with E-state index in [0.717, 1.165) is 50.4 Å². The Balaban J connectivity index is 1.66. The Morgan fingerprint density at radius 3 is 3.04 bits per heavy atom.